The Morgan fingerprint density at radius 1 is 1.21 bits per heavy atom. The van der Waals surface area contributed by atoms with E-state index in [0.29, 0.717) is 5.41 Å². The molecule has 0 aromatic carbocycles. The van der Waals surface area contributed by atoms with Crippen LogP contribution in [0.25, 0.3) is 0 Å². The molecule has 0 saturated carbocycles. The second-order valence-electron chi connectivity index (χ2n) is 4.32. The van der Waals surface area contributed by atoms with Crippen molar-refractivity contribution in [3.8, 4) is 0 Å². The fourth-order valence-electron chi connectivity index (χ4n) is 1.19. The average Bonchev–Trinajstić information content (AvgIpc) is 2.56. The van der Waals surface area contributed by atoms with Gasteiger partial charge in [-0.25, -0.2) is 0 Å². The van der Waals surface area contributed by atoms with E-state index < -0.39 is 0 Å². The molecule has 0 N–H and O–H groups in total. The van der Waals surface area contributed by atoms with E-state index in [-0.39, 0.29) is 0 Å². The van der Waals surface area contributed by atoms with Crippen LogP contribution in [0.2, 0.25) is 0 Å². The molecule has 14 heavy (non-hydrogen) atoms. The molecule has 0 saturated heterocycles. The Bertz CT molecular complexity index is 240. The molecule has 0 amide bonds. The molecule has 0 bridgehead atoms. The van der Waals surface area contributed by atoms with E-state index in [4.69, 9.17) is 0 Å². The lowest BCUT2D eigenvalue weighted by molar-refractivity contribution is 0.603. The Morgan fingerprint density at radius 2 is 1.79 bits per heavy atom. The summed E-state index contributed by atoms with van der Waals surface area (Å²) >= 11 is 1.90. The van der Waals surface area contributed by atoms with Gasteiger partial charge in [-0.05, 0) is 28.8 Å². The minimum atomic E-state index is 0.330. The molecule has 0 aliphatic heterocycles. The SMILES string of the molecule is CC.CCCc1csc(C(C)(C)C)c1. The zero-order valence-corrected chi connectivity index (χ0v) is 11.3. The smallest absolute Gasteiger partial charge is 0.0102 e. The Hall–Kier alpha value is -0.300. The molecule has 1 heterocycles. The Morgan fingerprint density at radius 3 is 2.14 bits per heavy atom. The Kier molecular flexibility index (Phi) is 6.10. The summed E-state index contributed by atoms with van der Waals surface area (Å²) in [6.45, 7) is 13.0. The summed E-state index contributed by atoms with van der Waals surface area (Å²) in [6.07, 6.45) is 2.48. The van der Waals surface area contributed by atoms with Gasteiger partial charge in [0, 0.05) is 4.88 Å². The maximum Gasteiger partial charge on any atom is 0.0102 e. The molecule has 0 aliphatic rings. The maximum absolute atomic E-state index is 2.36. The van der Waals surface area contributed by atoms with Gasteiger partial charge in [-0.15, -0.1) is 11.3 Å². The van der Waals surface area contributed by atoms with Gasteiger partial charge in [-0.1, -0.05) is 48.0 Å². The molecular formula is C13H24S. The van der Waals surface area contributed by atoms with Crippen LogP contribution in [-0.4, -0.2) is 0 Å². The molecule has 1 aromatic rings. The summed E-state index contributed by atoms with van der Waals surface area (Å²) in [7, 11) is 0. The second kappa shape index (κ2) is 6.23. The van der Waals surface area contributed by atoms with Crippen molar-refractivity contribution >= 4 is 11.3 Å². The third kappa shape index (κ3) is 4.28. The molecule has 0 radical (unpaired) electrons. The first kappa shape index (κ1) is 13.7. The van der Waals surface area contributed by atoms with Crippen molar-refractivity contribution in [1.82, 2.24) is 0 Å². The van der Waals surface area contributed by atoms with Gasteiger partial charge in [0.05, 0.1) is 0 Å². The molecule has 0 fully saturated rings. The predicted molar refractivity (Wildman–Crippen MR) is 68.4 cm³/mol. The number of aryl methyl sites for hydroxylation is 1. The average molecular weight is 212 g/mol. The van der Waals surface area contributed by atoms with E-state index >= 15 is 0 Å². The maximum atomic E-state index is 2.36. The Balaban J connectivity index is 0.000000791. The lowest BCUT2D eigenvalue weighted by Gasteiger charge is -2.15. The molecule has 0 unspecified atom stereocenters. The van der Waals surface area contributed by atoms with Crippen LogP contribution >= 0.6 is 11.3 Å². The summed E-state index contributed by atoms with van der Waals surface area (Å²) in [6, 6.07) is 2.36. The van der Waals surface area contributed by atoms with Gasteiger partial charge in [-0.3, -0.25) is 0 Å². The zero-order chi connectivity index (χ0) is 11.2. The lowest BCUT2D eigenvalue weighted by Crippen LogP contribution is -2.07. The van der Waals surface area contributed by atoms with E-state index in [0.717, 1.165) is 0 Å². The standard InChI is InChI=1S/C11H18S.C2H6/c1-5-6-9-7-10(12-8-9)11(2,3)4;1-2/h7-8H,5-6H2,1-4H3;1-2H3. The van der Waals surface area contributed by atoms with Gasteiger partial charge < -0.3 is 0 Å². The highest BCUT2D eigenvalue weighted by atomic mass is 32.1. The van der Waals surface area contributed by atoms with Gasteiger partial charge in [0.1, 0.15) is 0 Å². The van der Waals surface area contributed by atoms with Gasteiger partial charge in [0.15, 0.2) is 0 Å². The first-order chi connectivity index (χ1) is 6.54. The summed E-state index contributed by atoms with van der Waals surface area (Å²) in [5.41, 5.74) is 1.84. The van der Waals surface area contributed by atoms with Crippen LogP contribution in [0.15, 0.2) is 11.4 Å². The van der Waals surface area contributed by atoms with Crippen molar-refractivity contribution in [2.24, 2.45) is 0 Å². The molecule has 0 nitrogen and oxygen atoms in total. The summed E-state index contributed by atoms with van der Waals surface area (Å²) < 4.78 is 0. The topological polar surface area (TPSA) is 0 Å². The highest BCUT2D eigenvalue weighted by Gasteiger charge is 2.15. The molecular weight excluding hydrogens is 188 g/mol. The molecule has 82 valence electrons. The van der Waals surface area contributed by atoms with Gasteiger partial charge in [-0.2, -0.15) is 0 Å². The number of hydrogen-bond acceptors (Lipinski definition) is 1. The van der Waals surface area contributed by atoms with Crippen molar-refractivity contribution in [2.45, 2.75) is 59.8 Å². The van der Waals surface area contributed by atoms with Gasteiger partial charge >= 0.3 is 0 Å². The fraction of sp³-hybridized carbons (Fsp3) is 0.692. The number of hydrogen-bond donors (Lipinski definition) is 0. The molecule has 0 atom stereocenters. The summed E-state index contributed by atoms with van der Waals surface area (Å²) in [5.74, 6) is 0. The summed E-state index contributed by atoms with van der Waals surface area (Å²) in [4.78, 5) is 1.51. The molecule has 0 spiro atoms. The van der Waals surface area contributed by atoms with Gasteiger partial charge in [0.2, 0.25) is 0 Å². The van der Waals surface area contributed by atoms with Crippen molar-refractivity contribution < 1.29 is 0 Å². The minimum Gasteiger partial charge on any atom is -0.148 e. The normalized spacial score (nSPS) is 10.7. The first-order valence-corrected chi connectivity index (χ1v) is 6.50. The monoisotopic (exact) mass is 212 g/mol. The highest BCUT2D eigenvalue weighted by molar-refractivity contribution is 7.10. The predicted octanol–water partition coefficient (Wildman–Crippen LogP) is 5.02. The fourth-order valence-corrected chi connectivity index (χ4v) is 2.23. The van der Waals surface area contributed by atoms with E-state index in [1.54, 1.807) is 0 Å². The number of rotatable bonds is 2. The van der Waals surface area contributed by atoms with Gasteiger partial charge in [0.25, 0.3) is 0 Å². The molecule has 1 aromatic heterocycles. The molecule has 0 aliphatic carbocycles. The third-order valence-electron chi connectivity index (χ3n) is 1.93. The van der Waals surface area contributed by atoms with Crippen molar-refractivity contribution in [3.05, 3.63) is 21.9 Å². The van der Waals surface area contributed by atoms with Crippen molar-refractivity contribution in [1.29, 1.82) is 0 Å². The third-order valence-corrected chi connectivity index (χ3v) is 3.34. The van der Waals surface area contributed by atoms with Crippen molar-refractivity contribution in [3.63, 3.8) is 0 Å². The largest absolute Gasteiger partial charge is 0.148 e. The first-order valence-electron chi connectivity index (χ1n) is 5.62. The van der Waals surface area contributed by atoms with Crippen molar-refractivity contribution in [2.75, 3.05) is 0 Å². The van der Waals surface area contributed by atoms with E-state index in [2.05, 4.69) is 39.1 Å². The quantitative estimate of drug-likeness (QED) is 0.645. The van der Waals surface area contributed by atoms with Crippen LogP contribution < -0.4 is 0 Å². The van der Waals surface area contributed by atoms with E-state index in [1.165, 1.54) is 23.3 Å². The van der Waals surface area contributed by atoms with Crippen LogP contribution in [0.5, 0.6) is 0 Å². The van der Waals surface area contributed by atoms with Crippen LogP contribution in [0.3, 0.4) is 0 Å². The summed E-state index contributed by atoms with van der Waals surface area (Å²) in [5, 5.41) is 2.30. The second-order valence-corrected chi connectivity index (χ2v) is 5.23. The van der Waals surface area contributed by atoms with E-state index in [9.17, 15) is 0 Å². The molecule has 1 heteroatoms. The van der Waals surface area contributed by atoms with Crippen LogP contribution in [-0.2, 0) is 11.8 Å². The number of thiophene rings is 1. The minimum absolute atomic E-state index is 0.330. The highest BCUT2D eigenvalue weighted by Crippen LogP contribution is 2.28. The van der Waals surface area contributed by atoms with Crippen LogP contribution in [0.1, 0.15) is 58.4 Å². The Labute approximate surface area is 93.4 Å². The van der Waals surface area contributed by atoms with Crippen LogP contribution in [0, 0.1) is 0 Å². The lowest BCUT2D eigenvalue weighted by atomic mass is 9.94. The zero-order valence-electron chi connectivity index (χ0n) is 10.5. The van der Waals surface area contributed by atoms with E-state index in [1.807, 2.05) is 25.2 Å². The van der Waals surface area contributed by atoms with Crippen LogP contribution in [0.4, 0.5) is 0 Å². The molecule has 1 rings (SSSR count).